The van der Waals surface area contributed by atoms with Crippen LogP contribution in [-0.4, -0.2) is 73.6 Å². The van der Waals surface area contributed by atoms with E-state index in [4.69, 9.17) is 0 Å². The third-order valence-electron chi connectivity index (χ3n) is 3.36. The predicted octanol–water partition coefficient (Wildman–Crippen LogP) is 1.46. The monoisotopic (exact) mass is 249 g/mol. The lowest BCUT2D eigenvalue weighted by atomic mass is 10.3. The molecule has 3 nitrogen and oxygen atoms in total. The van der Waals surface area contributed by atoms with Crippen molar-refractivity contribution in [3.8, 4) is 0 Å². The molecule has 1 rings (SSSR count). The van der Waals surface area contributed by atoms with E-state index in [1.807, 2.05) is 18.2 Å². The van der Waals surface area contributed by atoms with Crippen molar-refractivity contribution in [3.63, 3.8) is 0 Å². The minimum absolute atomic E-state index is 0.947. The van der Waals surface area contributed by atoms with Crippen LogP contribution in [0, 0.1) is 0 Å². The summed E-state index contributed by atoms with van der Waals surface area (Å²) < 4.78 is 0. The van der Waals surface area contributed by atoms with Crippen molar-refractivity contribution in [1.82, 2.24) is 14.7 Å². The maximum Gasteiger partial charge on any atom is 0.0164 e. The molecular formula is C15H27N3. The molecule has 0 unspecified atom stereocenters. The minimum Gasteiger partial charge on any atom is -0.300 e. The van der Waals surface area contributed by atoms with Gasteiger partial charge in [-0.15, -0.1) is 19.7 Å². The lowest BCUT2D eigenvalue weighted by Gasteiger charge is -2.35. The van der Waals surface area contributed by atoms with E-state index in [0.29, 0.717) is 0 Å². The van der Waals surface area contributed by atoms with Crippen molar-refractivity contribution in [2.24, 2.45) is 0 Å². The van der Waals surface area contributed by atoms with E-state index in [9.17, 15) is 0 Å². The molecule has 0 aromatic rings. The first kappa shape index (κ1) is 15.2. The van der Waals surface area contributed by atoms with Crippen LogP contribution in [0.4, 0.5) is 0 Å². The second-order valence-corrected chi connectivity index (χ2v) is 4.77. The van der Waals surface area contributed by atoms with Crippen LogP contribution in [0.25, 0.3) is 0 Å². The lowest BCUT2D eigenvalue weighted by Crippen LogP contribution is -2.48. The molecule has 1 aliphatic heterocycles. The van der Waals surface area contributed by atoms with Gasteiger partial charge in [0.15, 0.2) is 0 Å². The molecule has 1 fully saturated rings. The quantitative estimate of drug-likeness (QED) is 0.573. The van der Waals surface area contributed by atoms with Gasteiger partial charge < -0.3 is 0 Å². The van der Waals surface area contributed by atoms with Gasteiger partial charge in [-0.1, -0.05) is 18.2 Å². The van der Waals surface area contributed by atoms with Crippen LogP contribution in [0.3, 0.4) is 0 Å². The summed E-state index contributed by atoms with van der Waals surface area (Å²) in [6, 6.07) is 0. The molecule has 0 aromatic heterocycles. The van der Waals surface area contributed by atoms with Gasteiger partial charge in [-0.05, 0) is 0 Å². The molecule has 0 radical (unpaired) electrons. The summed E-state index contributed by atoms with van der Waals surface area (Å²) >= 11 is 0. The predicted molar refractivity (Wildman–Crippen MR) is 79.9 cm³/mol. The summed E-state index contributed by atoms with van der Waals surface area (Å²) in [6.45, 7) is 21.2. The van der Waals surface area contributed by atoms with E-state index in [1.165, 1.54) is 13.1 Å². The highest BCUT2D eigenvalue weighted by atomic mass is 15.3. The van der Waals surface area contributed by atoms with E-state index in [1.54, 1.807) is 0 Å². The fourth-order valence-corrected chi connectivity index (χ4v) is 2.28. The third kappa shape index (κ3) is 5.63. The summed E-state index contributed by atoms with van der Waals surface area (Å²) in [5.41, 5.74) is 0. The van der Waals surface area contributed by atoms with E-state index in [2.05, 4.69) is 34.4 Å². The van der Waals surface area contributed by atoms with Gasteiger partial charge in [0.05, 0.1) is 0 Å². The Balaban J connectivity index is 2.21. The van der Waals surface area contributed by atoms with Crippen LogP contribution in [0.15, 0.2) is 38.0 Å². The Morgan fingerprint density at radius 2 is 1.39 bits per heavy atom. The fourth-order valence-electron chi connectivity index (χ4n) is 2.28. The molecule has 0 bridgehead atoms. The summed E-state index contributed by atoms with van der Waals surface area (Å²) in [5.74, 6) is 0. The number of hydrogen-bond donors (Lipinski definition) is 0. The van der Waals surface area contributed by atoms with Gasteiger partial charge in [0.1, 0.15) is 0 Å². The zero-order chi connectivity index (χ0) is 13.2. The van der Waals surface area contributed by atoms with Gasteiger partial charge in [-0.25, -0.2) is 0 Å². The van der Waals surface area contributed by atoms with Crippen molar-refractivity contribution in [2.75, 3.05) is 58.9 Å². The minimum atomic E-state index is 0.947. The Morgan fingerprint density at radius 1 is 0.833 bits per heavy atom. The molecule has 1 heterocycles. The van der Waals surface area contributed by atoms with Gasteiger partial charge in [-0.3, -0.25) is 14.7 Å². The van der Waals surface area contributed by atoms with Crippen molar-refractivity contribution < 1.29 is 0 Å². The number of piperazine rings is 1. The van der Waals surface area contributed by atoms with E-state index >= 15 is 0 Å². The molecular weight excluding hydrogens is 222 g/mol. The molecule has 3 heteroatoms. The van der Waals surface area contributed by atoms with Crippen molar-refractivity contribution in [1.29, 1.82) is 0 Å². The number of rotatable bonds is 9. The third-order valence-corrected chi connectivity index (χ3v) is 3.36. The maximum atomic E-state index is 3.80. The van der Waals surface area contributed by atoms with Gasteiger partial charge in [0.25, 0.3) is 0 Å². The van der Waals surface area contributed by atoms with Gasteiger partial charge in [-0.2, -0.15) is 0 Å². The van der Waals surface area contributed by atoms with Crippen LogP contribution in [0.1, 0.15) is 0 Å². The molecule has 18 heavy (non-hydrogen) atoms. The lowest BCUT2D eigenvalue weighted by molar-refractivity contribution is 0.131. The highest BCUT2D eigenvalue weighted by Gasteiger charge is 2.15. The zero-order valence-electron chi connectivity index (χ0n) is 11.6. The summed E-state index contributed by atoms with van der Waals surface area (Å²) in [5, 5.41) is 0. The molecule has 0 aromatic carbocycles. The summed E-state index contributed by atoms with van der Waals surface area (Å²) in [6.07, 6.45) is 5.92. The standard InChI is InChI=1S/C15H27N3/c1-4-7-16(8-5-2)10-13-18-14-11-17(9-6-3)12-15-18/h4-6H,1-3,7-15H2. The second kappa shape index (κ2) is 9.09. The Kier molecular flexibility index (Phi) is 7.65. The largest absolute Gasteiger partial charge is 0.300 e. The highest BCUT2D eigenvalue weighted by Crippen LogP contribution is 2.02. The van der Waals surface area contributed by atoms with Crippen LogP contribution < -0.4 is 0 Å². The average Bonchev–Trinajstić information content (AvgIpc) is 2.38. The topological polar surface area (TPSA) is 9.72 Å². The molecule has 0 saturated carbocycles. The van der Waals surface area contributed by atoms with Crippen LogP contribution in [-0.2, 0) is 0 Å². The Bertz CT molecular complexity index is 244. The summed E-state index contributed by atoms with van der Waals surface area (Å²) in [7, 11) is 0. The average molecular weight is 249 g/mol. The normalized spacial score (nSPS) is 17.8. The molecule has 0 amide bonds. The first-order chi connectivity index (χ1) is 8.80. The smallest absolute Gasteiger partial charge is 0.0164 e. The van der Waals surface area contributed by atoms with Crippen molar-refractivity contribution >= 4 is 0 Å². The SMILES string of the molecule is C=CCN(CC=C)CCN1CCN(CC=C)CC1. The van der Waals surface area contributed by atoms with Gasteiger partial charge >= 0.3 is 0 Å². The summed E-state index contributed by atoms with van der Waals surface area (Å²) in [4.78, 5) is 7.36. The van der Waals surface area contributed by atoms with E-state index < -0.39 is 0 Å². The van der Waals surface area contributed by atoms with E-state index in [0.717, 1.165) is 45.8 Å². The second-order valence-electron chi connectivity index (χ2n) is 4.77. The maximum absolute atomic E-state index is 3.80. The number of hydrogen-bond acceptors (Lipinski definition) is 3. The molecule has 0 aliphatic carbocycles. The molecule has 0 atom stereocenters. The molecule has 1 saturated heterocycles. The van der Waals surface area contributed by atoms with Crippen LogP contribution in [0.2, 0.25) is 0 Å². The zero-order valence-corrected chi connectivity index (χ0v) is 11.6. The van der Waals surface area contributed by atoms with Crippen LogP contribution in [0.5, 0.6) is 0 Å². The van der Waals surface area contributed by atoms with Gasteiger partial charge in [0.2, 0.25) is 0 Å². The van der Waals surface area contributed by atoms with Crippen molar-refractivity contribution in [3.05, 3.63) is 38.0 Å². The number of nitrogens with zero attached hydrogens (tertiary/aromatic N) is 3. The Labute approximate surface area is 112 Å². The van der Waals surface area contributed by atoms with E-state index in [-0.39, 0.29) is 0 Å². The Morgan fingerprint density at radius 3 is 1.89 bits per heavy atom. The van der Waals surface area contributed by atoms with Crippen molar-refractivity contribution in [2.45, 2.75) is 0 Å². The van der Waals surface area contributed by atoms with Gasteiger partial charge in [0, 0.05) is 58.9 Å². The fraction of sp³-hybridized carbons (Fsp3) is 0.600. The first-order valence-corrected chi connectivity index (χ1v) is 6.80. The first-order valence-electron chi connectivity index (χ1n) is 6.80. The molecule has 1 aliphatic rings. The van der Waals surface area contributed by atoms with Crippen LogP contribution >= 0.6 is 0 Å². The molecule has 0 N–H and O–H groups in total. The Hall–Kier alpha value is -0.900. The molecule has 102 valence electrons. The molecule has 0 spiro atoms. The highest BCUT2D eigenvalue weighted by molar-refractivity contribution is 4.82.